The third-order valence-corrected chi connectivity index (χ3v) is 6.67. The molecule has 0 bridgehead atoms. The Morgan fingerprint density at radius 1 is 1.39 bits per heavy atom. The van der Waals surface area contributed by atoms with Crippen molar-refractivity contribution in [2.45, 2.75) is 25.0 Å². The Kier molecular flexibility index (Phi) is 5.53. The maximum atomic E-state index is 12.1. The van der Waals surface area contributed by atoms with E-state index in [0.29, 0.717) is 42.9 Å². The van der Waals surface area contributed by atoms with E-state index >= 15 is 0 Å². The van der Waals surface area contributed by atoms with Gasteiger partial charge in [0.15, 0.2) is 5.69 Å². The predicted octanol–water partition coefficient (Wildman–Crippen LogP) is -0.432. The Morgan fingerprint density at radius 2 is 2.16 bits per heavy atom. The molecule has 9 nitrogen and oxygen atoms in total. The van der Waals surface area contributed by atoms with Crippen LogP contribution in [0.25, 0.3) is 5.69 Å². The Balaban J connectivity index is 1.70. The number of rotatable bonds is 3. The first-order chi connectivity index (χ1) is 14.7. The Hall–Kier alpha value is -2.84. The summed E-state index contributed by atoms with van der Waals surface area (Å²) in [6, 6.07) is 7.18. The SMILES string of the molecule is CN1CC[C@@](O)(C#Cc2cccc(-n3nc(C(N)=O)c4c3CCN([S@@+](C)[O-])C4)c2)C1=O. The number of hydrogen-bond acceptors (Lipinski definition) is 6. The summed E-state index contributed by atoms with van der Waals surface area (Å²) in [5.74, 6) is 4.56. The highest BCUT2D eigenvalue weighted by Crippen LogP contribution is 2.27. The van der Waals surface area contributed by atoms with Crippen molar-refractivity contribution in [1.29, 1.82) is 0 Å². The molecule has 0 radical (unpaired) electrons. The summed E-state index contributed by atoms with van der Waals surface area (Å²) in [4.78, 5) is 25.6. The van der Waals surface area contributed by atoms with Gasteiger partial charge in [-0.3, -0.25) is 9.59 Å². The summed E-state index contributed by atoms with van der Waals surface area (Å²) in [5, 5.41) is 14.9. The van der Waals surface area contributed by atoms with Crippen LogP contribution in [-0.2, 0) is 29.1 Å². The molecule has 1 aromatic carbocycles. The molecule has 0 spiro atoms. The van der Waals surface area contributed by atoms with Gasteiger partial charge in [-0.05, 0) is 18.2 Å². The van der Waals surface area contributed by atoms with Gasteiger partial charge < -0.3 is 20.3 Å². The summed E-state index contributed by atoms with van der Waals surface area (Å²) in [5.41, 5.74) is 6.84. The number of carbonyl (C=O) groups excluding carboxylic acids is 2. The van der Waals surface area contributed by atoms with Crippen molar-refractivity contribution in [3.05, 3.63) is 46.8 Å². The van der Waals surface area contributed by atoms with Crippen LogP contribution in [0.1, 0.15) is 33.7 Å². The Labute approximate surface area is 183 Å². The van der Waals surface area contributed by atoms with Gasteiger partial charge in [0.2, 0.25) is 5.60 Å². The lowest BCUT2D eigenvalue weighted by atomic mass is 10.0. The minimum atomic E-state index is -1.67. The normalized spacial score (nSPS) is 22.1. The first-order valence-corrected chi connectivity index (χ1v) is 11.3. The van der Waals surface area contributed by atoms with E-state index in [1.807, 2.05) is 6.07 Å². The van der Waals surface area contributed by atoms with E-state index in [1.54, 1.807) is 40.5 Å². The molecule has 3 N–H and O–H groups in total. The summed E-state index contributed by atoms with van der Waals surface area (Å²) in [7, 11) is 1.63. The van der Waals surface area contributed by atoms with Crippen LogP contribution >= 0.6 is 0 Å². The minimum absolute atomic E-state index is 0.163. The van der Waals surface area contributed by atoms with Crippen LogP contribution in [0.3, 0.4) is 0 Å². The highest BCUT2D eigenvalue weighted by molar-refractivity contribution is 7.88. The first kappa shape index (κ1) is 21.4. The number of primary amides is 1. The molecule has 31 heavy (non-hydrogen) atoms. The van der Waals surface area contributed by atoms with Gasteiger partial charge >= 0.3 is 0 Å². The quantitative estimate of drug-likeness (QED) is 0.491. The number of nitrogens with two attached hydrogens (primary N) is 1. The largest absolute Gasteiger partial charge is 0.598 e. The molecule has 10 heteroatoms. The summed E-state index contributed by atoms with van der Waals surface area (Å²) >= 11 is -1.16. The fourth-order valence-electron chi connectivity index (χ4n) is 3.89. The fourth-order valence-corrected chi connectivity index (χ4v) is 4.55. The molecule has 1 fully saturated rings. The lowest BCUT2D eigenvalue weighted by molar-refractivity contribution is -0.137. The van der Waals surface area contributed by atoms with Gasteiger partial charge in [-0.2, -0.15) is 5.10 Å². The molecule has 0 saturated carbocycles. The molecular formula is C21H23N5O4S. The molecule has 2 amide bonds. The third kappa shape index (κ3) is 3.93. The van der Waals surface area contributed by atoms with Crippen LogP contribution < -0.4 is 5.73 Å². The van der Waals surface area contributed by atoms with Gasteiger partial charge in [0.05, 0.1) is 24.5 Å². The number of likely N-dealkylation sites (N-methyl/N-ethyl adjacent to an activating group) is 1. The Morgan fingerprint density at radius 3 is 2.81 bits per heavy atom. The van der Waals surface area contributed by atoms with Crippen LogP contribution in [-0.4, -0.2) is 72.5 Å². The van der Waals surface area contributed by atoms with Crippen LogP contribution in [0.15, 0.2) is 24.3 Å². The standard InChI is InChI=1S/C21H23N5O4S/c1-24-11-9-21(29,20(24)28)8-6-14-4-3-5-15(12-14)26-17-7-10-25(31(2)30)13-16(17)18(23-26)19(22)27/h3-5,12,29H,7,9-11,13H2,1-2H3,(H2,22,27)/t21-,31+/m0/s1. The zero-order valence-corrected chi connectivity index (χ0v) is 18.1. The average molecular weight is 442 g/mol. The molecule has 0 aliphatic carbocycles. The summed E-state index contributed by atoms with van der Waals surface area (Å²) < 4.78 is 15.3. The second-order valence-electron chi connectivity index (χ2n) is 7.72. The summed E-state index contributed by atoms with van der Waals surface area (Å²) in [6.45, 7) is 1.36. The number of carbonyl (C=O) groups is 2. The van der Waals surface area contributed by atoms with Crippen molar-refractivity contribution in [3.8, 4) is 17.5 Å². The Bertz CT molecular complexity index is 1120. The smallest absolute Gasteiger partial charge is 0.269 e. The fraction of sp³-hybridized carbons (Fsp3) is 0.381. The van der Waals surface area contributed by atoms with Gasteiger partial charge in [0.25, 0.3) is 11.8 Å². The zero-order chi connectivity index (χ0) is 22.3. The molecular weight excluding hydrogens is 418 g/mol. The number of fused-ring (bicyclic) bond motifs is 1. The molecule has 2 aliphatic heterocycles. The van der Waals surface area contributed by atoms with Crippen LogP contribution in [0.5, 0.6) is 0 Å². The van der Waals surface area contributed by atoms with Gasteiger partial charge in [0, 0.05) is 48.9 Å². The molecule has 0 unspecified atom stereocenters. The second kappa shape index (κ2) is 8.01. The molecule has 162 valence electrons. The molecule has 2 atom stereocenters. The number of aromatic nitrogens is 2. The zero-order valence-electron chi connectivity index (χ0n) is 17.3. The van der Waals surface area contributed by atoms with Crippen molar-refractivity contribution in [1.82, 2.24) is 19.0 Å². The predicted molar refractivity (Wildman–Crippen MR) is 114 cm³/mol. The van der Waals surface area contributed by atoms with E-state index in [1.165, 1.54) is 4.90 Å². The molecule has 1 aromatic heterocycles. The van der Waals surface area contributed by atoms with E-state index in [-0.39, 0.29) is 12.1 Å². The highest BCUT2D eigenvalue weighted by Gasteiger charge is 2.42. The van der Waals surface area contributed by atoms with Gasteiger partial charge in [-0.1, -0.05) is 17.9 Å². The van der Waals surface area contributed by atoms with Crippen molar-refractivity contribution in [3.63, 3.8) is 0 Å². The molecule has 4 rings (SSSR count). The molecule has 2 aromatic rings. The maximum Gasteiger partial charge on any atom is 0.269 e. The number of amides is 2. The summed E-state index contributed by atoms with van der Waals surface area (Å²) in [6.07, 6.45) is 2.42. The van der Waals surface area contributed by atoms with E-state index in [4.69, 9.17) is 5.73 Å². The first-order valence-electron chi connectivity index (χ1n) is 9.80. The van der Waals surface area contributed by atoms with Crippen LogP contribution in [0.4, 0.5) is 0 Å². The van der Waals surface area contributed by atoms with Gasteiger partial charge in [-0.15, -0.1) is 4.31 Å². The van der Waals surface area contributed by atoms with Gasteiger partial charge in [-0.25, -0.2) is 4.68 Å². The lowest BCUT2D eigenvalue weighted by Crippen LogP contribution is -2.37. The van der Waals surface area contributed by atoms with E-state index in [2.05, 4.69) is 16.9 Å². The van der Waals surface area contributed by atoms with Crippen molar-refractivity contribution >= 4 is 23.2 Å². The molecule has 1 saturated heterocycles. The average Bonchev–Trinajstić information content (AvgIpc) is 3.26. The second-order valence-corrected chi connectivity index (χ2v) is 9.09. The number of aliphatic hydroxyl groups is 1. The number of benzene rings is 1. The topological polar surface area (TPSA) is 128 Å². The minimum Gasteiger partial charge on any atom is -0.598 e. The molecule has 2 aliphatic rings. The molecule has 3 heterocycles. The van der Waals surface area contributed by atoms with Gasteiger partial charge in [0.1, 0.15) is 6.26 Å². The van der Waals surface area contributed by atoms with Crippen molar-refractivity contribution in [2.24, 2.45) is 5.73 Å². The number of likely N-dealkylation sites (tertiary alicyclic amines) is 1. The third-order valence-electron chi connectivity index (χ3n) is 5.63. The number of nitrogens with zero attached hydrogens (tertiary/aromatic N) is 4. The van der Waals surface area contributed by atoms with Crippen LogP contribution in [0.2, 0.25) is 0 Å². The van der Waals surface area contributed by atoms with E-state index < -0.39 is 28.8 Å². The number of hydrogen-bond donors (Lipinski definition) is 2. The van der Waals surface area contributed by atoms with Crippen LogP contribution in [0, 0.1) is 11.8 Å². The van der Waals surface area contributed by atoms with E-state index in [0.717, 1.165) is 5.69 Å². The lowest BCUT2D eigenvalue weighted by Gasteiger charge is -2.26. The van der Waals surface area contributed by atoms with Crippen molar-refractivity contribution < 1.29 is 19.2 Å². The van der Waals surface area contributed by atoms with Crippen molar-refractivity contribution in [2.75, 3.05) is 26.4 Å². The highest BCUT2D eigenvalue weighted by atomic mass is 32.2. The monoisotopic (exact) mass is 441 g/mol. The maximum absolute atomic E-state index is 12.1. The van der Waals surface area contributed by atoms with E-state index in [9.17, 15) is 19.2 Å².